The molecule has 0 fully saturated rings. The lowest BCUT2D eigenvalue weighted by atomic mass is 10.1. The minimum atomic E-state index is -0.0231. The van der Waals surface area contributed by atoms with Gasteiger partial charge in [-0.05, 0) is 12.8 Å². The van der Waals surface area contributed by atoms with E-state index in [1.54, 1.807) is 0 Å². The molecule has 0 aliphatic carbocycles. The first-order valence-electron chi connectivity index (χ1n) is 5.57. The minimum absolute atomic E-state index is 0.0231. The SMILES string of the molecule is CCCCCCCCC(S)(S)CC. The summed E-state index contributed by atoms with van der Waals surface area (Å²) in [5.41, 5.74) is 0. The van der Waals surface area contributed by atoms with E-state index in [2.05, 4.69) is 39.1 Å². The number of hydrogen-bond acceptors (Lipinski definition) is 2. The van der Waals surface area contributed by atoms with Crippen molar-refractivity contribution in [3.63, 3.8) is 0 Å². The molecule has 0 aliphatic heterocycles. The maximum atomic E-state index is 4.49. The van der Waals surface area contributed by atoms with Crippen LogP contribution in [0.4, 0.5) is 0 Å². The first kappa shape index (κ1) is 13.7. The lowest BCUT2D eigenvalue weighted by Crippen LogP contribution is -2.10. The van der Waals surface area contributed by atoms with Crippen molar-refractivity contribution >= 4 is 25.3 Å². The predicted octanol–water partition coefficient (Wildman–Crippen LogP) is 4.70. The first-order chi connectivity index (χ1) is 6.12. The van der Waals surface area contributed by atoms with Crippen LogP contribution >= 0.6 is 25.3 Å². The fraction of sp³-hybridized carbons (Fsp3) is 1.00. The van der Waals surface area contributed by atoms with E-state index < -0.39 is 0 Å². The van der Waals surface area contributed by atoms with Crippen molar-refractivity contribution in [1.29, 1.82) is 0 Å². The molecular weight excluding hydrogens is 196 g/mol. The Morgan fingerprint density at radius 3 is 1.92 bits per heavy atom. The van der Waals surface area contributed by atoms with Crippen LogP contribution in [0.25, 0.3) is 0 Å². The maximum absolute atomic E-state index is 4.49. The van der Waals surface area contributed by atoms with Crippen molar-refractivity contribution < 1.29 is 0 Å². The van der Waals surface area contributed by atoms with E-state index >= 15 is 0 Å². The smallest absolute Gasteiger partial charge is 0.0549 e. The normalized spacial score (nSPS) is 12.0. The summed E-state index contributed by atoms with van der Waals surface area (Å²) >= 11 is 8.99. The highest BCUT2D eigenvalue weighted by molar-refractivity contribution is 8.00. The summed E-state index contributed by atoms with van der Waals surface area (Å²) in [6.45, 7) is 4.40. The molecule has 13 heavy (non-hydrogen) atoms. The van der Waals surface area contributed by atoms with Crippen LogP contribution in [0.3, 0.4) is 0 Å². The van der Waals surface area contributed by atoms with E-state index in [0.717, 1.165) is 12.8 Å². The third kappa shape index (κ3) is 9.01. The van der Waals surface area contributed by atoms with Crippen molar-refractivity contribution in [2.24, 2.45) is 0 Å². The van der Waals surface area contributed by atoms with Gasteiger partial charge in [-0.2, -0.15) is 25.3 Å². The van der Waals surface area contributed by atoms with Crippen LogP contribution in [0.15, 0.2) is 0 Å². The molecule has 80 valence electrons. The van der Waals surface area contributed by atoms with Gasteiger partial charge in [0.05, 0.1) is 4.08 Å². The number of rotatable bonds is 8. The minimum Gasteiger partial charge on any atom is -0.162 e. The van der Waals surface area contributed by atoms with E-state index in [9.17, 15) is 0 Å². The zero-order valence-corrected chi connectivity index (χ0v) is 10.8. The van der Waals surface area contributed by atoms with E-state index in [-0.39, 0.29) is 4.08 Å². The summed E-state index contributed by atoms with van der Waals surface area (Å²) in [4.78, 5) is 0. The summed E-state index contributed by atoms with van der Waals surface area (Å²) < 4.78 is -0.0231. The van der Waals surface area contributed by atoms with Crippen molar-refractivity contribution in [2.75, 3.05) is 0 Å². The van der Waals surface area contributed by atoms with E-state index in [0.29, 0.717) is 0 Å². The first-order valence-corrected chi connectivity index (χ1v) is 6.46. The van der Waals surface area contributed by atoms with Crippen LogP contribution < -0.4 is 0 Å². The van der Waals surface area contributed by atoms with Crippen LogP contribution in [-0.2, 0) is 0 Å². The Hall–Kier alpha value is 0.700. The van der Waals surface area contributed by atoms with Gasteiger partial charge in [0, 0.05) is 0 Å². The predicted molar refractivity (Wildman–Crippen MR) is 69.0 cm³/mol. The van der Waals surface area contributed by atoms with E-state index in [1.807, 2.05) is 0 Å². The molecule has 0 bridgehead atoms. The molecule has 0 aliphatic rings. The van der Waals surface area contributed by atoms with Crippen LogP contribution in [0.5, 0.6) is 0 Å². The third-order valence-corrected chi connectivity index (χ3v) is 3.58. The molecule has 0 atom stereocenters. The van der Waals surface area contributed by atoms with Crippen LogP contribution in [0, 0.1) is 0 Å². The lowest BCUT2D eigenvalue weighted by molar-refractivity contribution is 0.567. The molecule has 0 saturated heterocycles. The largest absolute Gasteiger partial charge is 0.162 e. The van der Waals surface area contributed by atoms with Crippen molar-refractivity contribution in [1.82, 2.24) is 0 Å². The Morgan fingerprint density at radius 1 is 0.846 bits per heavy atom. The summed E-state index contributed by atoms with van der Waals surface area (Å²) in [5, 5.41) is 0. The van der Waals surface area contributed by atoms with Crippen LogP contribution in [-0.4, -0.2) is 4.08 Å². The van der Waals surface area contributed by atoms with Gasteiger partial charge in [0.25, 0.3) is 0 Å². The van der Waals surface area contributed by atoms with Gasteiger partial charge >= 0.3 is 0 Å². The van der Waals surface area contributed by atoms with Gasteiger partial charge in [-0.25, -0.2) is 0 Å². The van der Waals surface area contributed by atoms with Crippen LogP contribution in [0.2, 0.25) is 0 Å². The Bertz CT molecular complexity index is 111. The molecule has 0 unspecified atom stereocenters. The Kier molecular flexibility index (Phi) is 8.48. The summed E-state index contributed by atoms with van der Waals surface area (Å²) in [7, 11) is 0. The lowest BCUT2D eigenvalue weighted by Gasteiger charge is -2.19. The van der Waals surface area contributed by atoms with Crippen molar-refractivity contribution in [2.45, 2.75) is 69.3 Å². The Labute approximate surface area is 94.7 Å². The molecule has 0 nitrogen and oxygen atoms in total. The van der Waals surface area contributed by atoms with E-state index in [4.69, 9.17) is 0 Å². The molecule has 0 N–H and O–H groups in total. The van der Waals surface area contributed by atoms with Gasteiger partial charge in [-0.1, -0.05) is 52.4 Å². The summed E-state index contributed by atoms with van der Waals surface area (Å²) in [6.07, 6.45) is 10.3. The van der Waals surface area contributed by atoms with Crippen molar-refractivity contribution in [3.8, 4) is 0 Å². The van der Waals surface area contributed by atoms with Gasteiger partial charge in [0.2, 0.25) is 0 Å². The van der Waals surface area contributed by atoms with Gasteiger partial charge in [0.15, 0.2) is 0 Å². The molecule has 0 heterocycles. The zero-order chi connectivity index (χ0) is 10.2. The average molecular weight is 220 g/mol. The Morgan fingerprint density at radius 2 is 1.38 bits per heavy atom. The molecule has 0 aromatic rings. The van der Waals surface area contributed by atoms with Gasteiger partial charge in [-0.3, -0.25) is 0 Å². The van der Waals surface area contributed by atoms with Gasteiger partial charge in [-0.15, -0.1) is 0 Å². The Balaban J connectivity index is 3.16. The topological polar surface area (TPSA) is 0 Å². The molecule has 0 aromatic carbocycles. The monoisotopic (exact) mass is 220 g/mol. The number of thiol groups is 2. The number of hydrogen-bond donors (Lipinski definition) is 2. The highest BCUT2D eigenvalue weighted by Gasteiger charge is 2.15. The number of unbranched alkanes of at least 4 members (excludes halogenated alkanes) is 5. The standard InChI is InChI=1S/C11H24S2/c1-3-5-6-7-8-9-10-11(12,13)4-2/h12-13H,3-10H2,1-2H3. The highest BCUT2D eigenvalue weighted by atomic mass is 32.2. The molecule has 0 spiro atoms. The molecule has 0 saturated carbocycles. The third-order valence-electron chi connectivity index (χ3n) is 2.50. The fourth-order valence-electron chi connectivity index (χ4n) is 1.37. The van der Waals surface area contributed by atoms with E-state index in [1.165, 1.54) is 38.5 Å². The second-order valence-corrected chi connectivity index (χ2v) is 5.92. The quantitative estimate of drug-likeness (QED) is 0.330. The van der Waals surface area contributed by atoms with Gasteiger partial charge < -0.3 is 0 Å². The summed E-state index contributed by atoms with van der Waals surface area (Å²) in [5.74, 6) is 0. The van der Waals surface area contributed by atoms with Gasteiger partial charge in [0.1, 0.15) is 0 Å². The fourth-order valence-corrected chi connectivity index (χ4v) is 1.68. The van der Waals surface area contributed by atoms with Crippen LogP contribution in [0.1, 0.15) is 65.2 Å². The zero-order valence-electron chi connectivity index (χ0n) is 9.05. The molecule has 0 aromatic heterocycles. The second-order valence-electron chi connectivity index (χ2n) is 3.85. The molecular formula is C11H24S2. The maximum Gasteiger partial charge on any atom is 0.0549 e. The highest BCUT2D eigenvalue weighted by Crippen LogP contribution is 2.30. The molecule has 0 rings (SSSR count). The summed E-state index contributed by atoms with van der Waals surface area (Å²) in [6, 6.07) is 0. The van der Waals surface area contributed by atoms with Crippen molar-refractivity contribution in [3.05, 3.63) is 0 Å². The molecule has 2 heteroatoms. The average Bonchev–Trinajstić information content (AvgIpc) is 2.11. The molecule has 0 amide bonds. The second kappa shape index (κ2) is 8.05. The molecule has 0 radical (unpaired) electrons.